The Morgan fingerprint density at radius 3 is 2.34 bits per heavy atom. The van der Waals surface area contributed by atoms with Crippen LogP contribution in [-0.4, -0.2) is 53.5 Å². The molecule has 0 saturated carbocycles. The molecule has 0 amide bonds. The predicted molar refractivity (Wildman–Crippen MR) is 112 cm³/mol. The summed E-state index contributed by atoms with van der Waals surface area (Å²) >= 11 is 0. The minimum Gasteiger partial charge on any atom is -0.370 e. The van der Waals surface area contributed by atoms with Crippen LogP contribution in [0.4, 0.5) is 5.69 Å². The Hall–Kier alpha value is -2.45. The van der Waals surface area contributed by atoms with Gasteiger partial charge in [-0.3, -0.25) is 0 Å². The number of pyridine rings is 1. The van der Waals surface area contributed by atoms with Crippen LogP contribution in [0.3, 0.4) is 0 Å². The summed E-state index contributed by atoms with van der Waals surface area (Å²) in [6.45, 7) is 3.19. The highest BCUT2D eigenvalue weighted by Crippen LogP contribution is 2.30. The largest absolute Gasteiger partial charge is 0.370 e. The van der Waals surface area contributed by atoms with E-state index >= 15 is 0 Å². The van der Waals surface area contributed by atoms with Crippen LogP contribution >= 0.6 is 0 Å². The first-order valence-electron chi connectivity index (χ1n) is 10.3. The number of anilines is 1. The van der Waals surface area contributed by atoms with E-state index in [4.69, 9.17) is 10.1 Å². The van der Waals surface area contributed by atoms with E-state index in [1.54, 1.807) is 28.6 Å². The van der Waals surface area contributed by atoms with Gasteiger partial charge in [0.05, 0.1) is 16.8 Å². The quantitative estimate of drug-likeness (QED) is 0.660. The molecule has 1 aromatic carbocycles. The second-order valence-corrected chi connectivity index (χ2v) is 9.78. The maximum atomic E-state index is 12.8. The number of benzene rings is 1. The molecule has 2 aliphatic rings. The van der Waals surface area contributed by atoms with Crippen molar-refractivity contribution < 1.29 is 8.42 Å². The van der Waals surface area contributed by atoms with Crippen molar-refractivity contribution in [3.63, 3.8) is 0 Å². The molecule has 2 aliphatic heterocycles. The molecule has 0 spiro atoms. The lowest BCUT2D eigenvalue weighted by atomic mass is 9.98. The molecule has 4 heterocycles. The van der Waals surface area contributed by atoms with Gasteiger partial charge in [0.25, 0.3) is 0 Å². The fraction of sp³-hybridized carbons (Fsp3) is 0.429. The van der Waals surface area contributed by atoms with Gasteiger partial charge in [-0.2, -0.15) is 9.40 Å². The predicted octanol–water partition coefficient (Wildman–Crippen LogP) is 2.90. The number of nitrogens with zero attached hydrogens (tertiary/aromatic N) is 5. The average Bonchev–Trinajstić information content (AvgIpc) is 3.44. The summed E-state index contributed by atoms with van der Waals surface area (Å²) in [5.41, 5.74) is 2.04. The van der Waals surface area contributed by atoms with E-state index in [1.165, 1.54) is 18.5 Å². The van der Waals surface area contributed by atoms with Gasteiger partial charge in [0.2, 0.25) is 10.0 Å². The van der Waals surface area contributed by atoms with Crippen LogP contribution in [0.1, 0.15) is 37.4 Å². The molecular weight excluding hydrogens is 386 g/mol. The Balaban J connectivity index is 1.31. The van der Waals surface area contributed by atoms with Crippen molar-refractivity contribution in [1.29, 1.82) is 0 Å². The Kier molecular flexibility index (Phi) is 4.75. The van der Waals surface area contributed by atoms with E-state index < -0.39 is 10.0 Å². The van der Waals surface area contributed by atoms with Crippen LogP contribution in [0.15, 0.2) is 53.6 Å². The topological polar surface area (TPSA) is 70.8 Å². The molecular formula is C21H25N5O2S. The van der Waals surface area contributed by atoms with Crippen LogP contribution < -0.4 is 4.90 Å². The molecule has 0 radical (unpaired) electrons. The van der Waals surface area contributed by atoms with Gasteiger partial charge in [0.15, 0.2) is 11.5 Å². The molecule has 0 atom stereocenters. The number of fused-ring (bicyclic) bond motifs is 1. The number of piperidine rings is 1. The molecule has 2 fully saturated rings. The van der Waals surface area contributed by atoms with E-state index in [0.29, 0.717) is 18.0 Å². The van der Waals surface area contributed by atoms with Crippen molar-refractivity contribution in [1.82, 2.24) is 18.9 Å². The number of sulfonamides is 1. The summed E-state index contributed by atoms with van der Waals surface area (Å²) in [7, 11) is -3.43. The molecule has 2 aromatic heterocycles. The summed E-state index contributed by atoms with van der Waals surface area (Å²) < 4.78 is 29.1. The molecule has 0 unspecified atom stereocenters. The lowest BCUT2D eigenvalue weighted by molar-refractivity contribution is 0.313. The summed E-state index contributed by atoms with van der Waals surface area (Å²) in [6, 6.07) is 12.8. The third kappa shape index (κ3) is 3.51. The van der Waals surface area contributed by atoms with Gasteiger partial charge in [-0.05, 0) is 49.9 Å². The fourth-order valence-electron chi connectivity index (χ4n) is 4.32. The zero-order chi connectivity index (χ0) is 19.8. The highest BCUT2D eigenvalue weighted by molar-refractivity contribution is 7.89. The Morgan fingerprint density at radius 1 is 0.897 bits per heavy atom. The maximum Gasteiger partial charge on any atom is 0.243 e. The van der Waals surface area contributed by atoms with Gasteiger partial charge in [0, 0.05) is 32.1 Å². The van der Waals surface area contributed by atoms with Crippen molar-refractivity contribution >= 4 is 21.4 Å². The molecule has 3 aromatic rings. The lowest BCUT2D eigenvalue weighted by Gasteiger charge is -2.29. The number of hydrogen-bond donors (Lipinski definition) is 0. The molecule has 0 N–H and O–H groups in total. The van der Waals surface area contributed by atoms with Gasteiger partial charge in [-0.15, -0.1) is 0 Å². The maximum absolute atomic E-state index is 12.8. The summed E-state index contributed by atoms with van der Waals surface area (Å²) in [5.74, 6) is 1.01. The number of hydrogen-bond acceptors (Lipinski definition) is 5. The second-order valence-electron chi connectivity index (χ2n) is 7.85. The van der Waals surface area contributed by atoms with E-state index in [2.05, 4.69) is 17.2 Å². The summed E-state index contributed by atoms with van der Waals surface area (Å²) in [6.07, 6.45) is 6.02. The molecule has 0 bridgehead atoms. The zero-order valence-electron chi connectivity index (χ0n) is 16.3. The van der Waals surface area contributed by atoms with E-state index in [0.717, 1.165) is 37.4 Å². The normalized spacial score (nSPS) is 19.2. The monoisotopic (exact) mass is 411 g/mol. The van der Waals surface area contributed by atoms with Crippen molar-refractivity contribution in [3.05, 3.63) is 54.5 Å². The van der Waals surface area contributed by atoms with E-state index in [9.17, 15) is 8.42 Å². The smallest absolute Gasteiger partial charge is 0.243 e. The first-order chi connectivity index (χ1) is 14.1. The standard InChI is InChI=1S/C21H25N5O2S/c27-29(28,19-6-2-1-3-7-19)25-14-10-17(11-15-25)21-22-20-9-8-18(16-26(20)23-21)24-12-4-5-13-24/h1-3,6-9,16-17H,4-5,10-15H2. The van der Waals surface area contributed by atoms with Crippen molar-refractivity contribution in [2.45, 2.75) is 36.5 Å². The molecule has 29 heavy (non-hydrogen) atoms. The Bertz CT molecular complexity index is 1100. The third-order valence-corrected chi connectivity index (χ3v) is 7.92. The minimum atomic E-state index is -3.43. The zero-order valence-corrected chi connectivity index (χ0v) is 17.1. The van der Waals surface area contributed by atoms with E-state index in [1.807, 2.05) is 16.6 Å². The molecule has 5 rings (SSSR count). The lowest BCUT2D eigenvalue weighted by Crippen LogP contribution is -2.38. The molecule has 2 saturated heterocycles. The van der Waals surface area contributed by atoms with Crippen LogP contribution in [0.25, 0.3) is 5.65 Å². The van der Waals surface area contributed by atoms with Crippen LogP contribution in [-0.2, 0) is 10.0 Å². The van der Waals surface area contributed by atoms with Gasteiger partial charge < -0.3 is 4.90 Å². The van der Waals surface area contributed by atoms with Crippen molar-refractivity contribution in [3.8, 4) is 0 Å². The minimum absolute atomic E-state index is 0.187. The molecule has 8 heteroatoms. The SMILES string of the molecule is O=S(=O)(c1ccccc1)N1CCC(c2nc3ccc(N4CCCC4)cn3n2)CC1. The third-order valence-electron chi connectivity index (χ3n) is 6.00. The van der Waals surface area contributed by atoms with Crippen molar-refractivity contribution in [2.24, 2.45) is 0 Å². The van der Waals surface area contributed by atoms with Crippen molar-refractivity contribution in [2.75, 3.05) is 31.1 Å². The van der Waals surface area contributed by atoms with Crippen LogP contribution in [0.2, 0.25) is 0 Å². The van der Waals surface area contributed by atoms with Gasteiger partial charge in [-0.1, -0.05) is 18.2 Å². The first kappa shape index (κ1) is 18.6. The Labute approximate surface area is 171 Å². The molecule has 7 nitrogen and oxygen atoms in total. The second kappa shape index (κ2) is 7.42. The highest BCUT2D eigenvalue weighted by Gasteiger charge is 2.31. The molecule has 152 valence electrons. The highest BCUT2D eigenvalue weighted by atomic mass is 32.2. The average molecular weight is 412 g/mol. The van der Waals surface area contributed by atoms with E-state index in [-0.39, 0.29) is 5.92 Å². The number of aromatic nitrogens is 3. The van der Waals surface area contributed by atoms with Gasteiger partial charge in [-0.25, -0.2) is 17.9 Å². The number of rotatable bonds is 4. The molecule has 0 aliphatic carbocycles. The first-order valence-corrected chi connectivity index (χ1v) is 11.7. The van der Waals surface area contributed by atoms with Gasteiger partial charge in [0.1, 0.15) is 0 Å². The summed E-state index contributed by atoms with van der Waals surface area (Å²) in [5, 5.41) is 4.72. The Morgan fingerprint density at radius 2 is 1.62 bits per heavy atom. The van der Waals surface area contributed by atoms with Crippen LogP contribution in [0, 0.1) is 0 Å². The fourth-order valence-corrected chi connectivity index (χ4v) is 5.81. The van der Waals surface area contributed by atoms with Gasteiger partial charge >= 0.3 is 0 Å². The summed E-state index contributed by atoms with van der Waals surface area (Å²) in [4.78, 5) is 7.46. The van der Waals surface area contributed by atoms with Crippen LogP contribution in [0.5, 0.6) is 0 Å².